The van der Waals surface area contributed by atoms with E-state index in [4.69, 9.17) is 5.73 Å². The Labute approximate surface area is 125 Å². The van der Waals surface area contributed by atoms with E-state index in [-0.39, 0.29) is 11.3 Å². The summed E-state index contributed by atoms with van der Waals surface area (Å²) in [6.45, 7) is 6.27. The van der Waals surface area contributed by atoms with E-state index in [1.165, 1.54) is 11.1 Å². The lowest BCUT2D eigenvalue weighted by Gasteiger charge is -2.23. The molecular weight excluding hydrogens is 266 g/mol. The lowest BCUT2D eigenvalue weighted by molar-refractivity contribution is 0.628. The van der Waals surface area contributed by atoms with Gasteiger partial charge in [-0.05, 0) is 31.9 Å². The van der Waals surface area contributed by atoms with Gasteiger partial charge >= 0.3 is 0 Å². The minimum absolute atomic E-state index is 0.137. The van der Waals surface area contributed by atoms with Crippen LogP contribution in [-0.2, 0) is 7.05 Å². The summed E-state index contributed by atoms with van der Waals surface area (Å²) in [5, 5.41) is 5.84. The number of aromatic nitrogens is 2. The zero-order valence-electron chi connectivity index (χ0n) is 12.6. The molecule has 0 fully saturated rings. The molecule has 2 aromatic rings. The van der Waals surface area contributed by atoms with E-state index in [1.54, 1.807) is 11.8 Å². The van der Waals surface area contributed by atoms with Crippen molar-refractivity contribution in [2.24, 2.45) is 12.8 Å². The van der Waals surface area contributed by atoms with Crippen LogP contribution in [0, 0.1) is 13.8 Å². The van der Waals surface area contributed by atoms with Crippen LogP contribution in [0.2, 0.25) is 0 Å². The van der Waals surface area contributed by atoms with E-state index in [9.17, 15) is 0 Å². The Morgan fingerprint density at radius 2 is 1.90 bits per heavy atom. The maximum atomic E-state index is 6.34. The van der Waals surface area contributed by atoms with Crippen LogP contribution in [0.5, 0.6) is 0 Å². The molecule has 1 heterocycles. The molecule has 1 aromatic heterocycles. The Morgan fingerprint density at radius 3 is 2.40 bits per heavy atom. The lowest BCUT2D eigenvalue weighted by Crippen LogP contribution is -2.25. The van der Waals surface area contributed by atoms with Crippen molar-refractivity contribution in [1.82, 2.24) is 9.78 Å². The predicted octanol–water partition coefficient (Wildman–Crippen LogP) is 3.61. The number of benzene rings is 1. The molecule has 0 aliphatic carbocycles. The van der Waals surface area contributed by atoms with Crippen molar-refractivity contribution in [2.45, 2.75) is 43.5 Å². The Morgan fingerprint density at radius 1 is 1.25 bits per heavy atom. The fourth-order valence-corrected chi connectivity index (χ4v) is 3.55. The first kappa shape index (κ1) is 15.1. The average Bonchev–Trinajstić information content (AvgIpc) is 2.74. The number of nitrogens with two attached hydrogens (primary N) is 1. The highest BCUT2D eigenvalue weighted by atomic mass is 32.2. The molecule has 0 amide bonds. The first-order valence-corrected chi connectivity index (χ1v) is 7.88. The molecule has 0 aliphatic rings. The Bertz CT molecular complexity index is 560. The number of aryl methyl sites for hydroxylation is 3. The van der Waals surface area contributed by atoms with Crippen LogP contribution in [0.3, 0.4) is 0 Å². The molecule has 3 nitrogen and oxygen atoms in total. The summed E-state index contributed by atoms with van der Waals surface area (Å²) in [6.07, 6.45) is 0.961. The van der Waals surface area contributed by atoms with E-state index in [0.29, 0.717) is 0 Å². The van der Waals surface area contributed by atoms with Gasteiger partial charge in [0.1, 0.15) is 0 Å². The molecule has 0 spiro atoms. The summed E-state index contributed by atoms with van der Waals surface area (Å²) in [7, 11) is 1.99. The van der Waals surface area contributed by atoms with Crippen LogP contribution in [0.15, 0.2) is 35.4 Å². The summed E-state index contributed by atoms with van der Waals surface area (Å²) in [4.78, 5) is 0. The molecular formula is C16H23N3S. The highest BCUT2D eigenvalue weighted by Gasteiger charge is 2.21. The third-order valence-corrected chi connectivity index (χ3v) is 4.97. The van der Waals surface area contributed by atoms with Gasteiger partial charge in [-0.2, -0.15) is 5.10 Å². The highest BCUT2D eigenvalue weighted by Crippen LogP contribution is 2.38. The van der Waals surface area contributed by atoms with Gasteiger partial charge in [0.25, 0.3) is 0 Å². The van der Waals surface area contributed by atoms with Gasteiger partial charge in [0.05, 0.1) is 16.0 Å². The summed E-state index contributed by atoms with van der Waals surface area (Å²) < 4.78 is 1.93. The molecule has 2 unspecified atom stereocenters. The zero-order chi connectivity index (χ0) is 14.7. The number of thioether (sulfide) groups is 1. The van der Waals surface area contributed by atoms with E-state index >= 15 is 0 Å². The smallest absolute Gasteiger partial charge is 0.0945 e. The van der Waals surface area contributed by atoms with E-state index < -0.39 is 0 Å². The van der Waals surface area contributed by atoms with Gasteiger partial charge in [0, 0.05) is 13.1 Å². The van der Waals surface area contributed by atoms with Crippen molar-refractivity contribution in [2.75, 3.05) is 0 Å². The van der Waals surface area contributed by atoms with E-state index in [1.807, 2.05) is 18.7 Å². The second kappa shape index (κ2) is 6.46. The quantitative estimate of drug-likeness (QED) is 0.855. The maximum absolute atomic E-state index is 6.34. The second-order valence-corrected chi connectivity index (χ2v) is 6.43. The lowest BCUT2D eigenvalue weighted by atomic mass is 10.0. The monoisotopic (exact) mass is 289 g/mol. The van der Waals surface area contributed by atoms with Gasteiger partial charge in [0.2, 0.25) is 0 Å². The van der Waals surface area contributed by atoms with Crippen molar-refractivity contribution >= 4 is 11.8 Å². The summed E-state index contributed by atoms with van der Waals surface area (Å²) in [5.41, 5.74) is 9.95. The second-order valence-electron chi connectivity index (χ2n) is 5.27. The molecule has 2 N–H and O–H groups in total. The van der Waals surface area contributed by atoms with Crippen molar-refractivity contribution in [3.8, 4) is 0 Å². The molecule has 0 bridgehead atoms. The standard InChI is InChI=1S/C16H23N3S/c1-5-14(17)16(13-8-6-11(2)7-9-13)20-15-10-12(3)18-19(15)4/h6-10,14,16H,5,17H2,1-4H3. The predicted molar refractivity (Wildman–Crippen MR) is 86.0 cm³/mol. The fourth-order valence-electron chi connectivity index (χ4n) is 2.20. The Hall–Kier alpha value is -1.26. The number of nitrogens with zero attached hydrogens (tertiary/aromatic N) is 2. The first-order chi connectivity index (χ1) is 9.51. The van der Waals surface area contributed by atoms with Crippen LogP contribution < -0.4 is 5.73 Å². The van der Waals surface area contributed by atoms with Crippen molar-refractivity contribution in [3.63, 3.8) is 0 Å². The number of hydrogen-bond acceptors (Lipinski definition) is 3. The van der Waals surface area contributed by atoms with Gasteiger partial charge in [-0.25, -0.2) is 0 Å². The third kappa shape index (κ3) is 3.44. The van der Waals surface area contributed by atoms with Crippen molar-refractivity contribution in [1.29, 1.82) is 0 Å². The zero-order valence-corrected chi connectivity index (χ0v) is 13.4. The number of hydrogen-bond donors (Lipinski definition) is 1. The third-order valence-electron chi connectivity index (χ3n) is 3.47. The van der Waals surface area contributed by atoms with E-state index in [2.05, 4.69) is 49.3 Å². The van der Waals surface area contributed by atoms with Crippen molar-refractivity contribution in [3.05, 3.63) is 47.2 Å². The molecule has 0 radical (unpaired) electrons. The summed E-state index contributed by atoms with van der Waals surface area (Å²) >= 11 is 1.80. The molecule has 2 atom stereocenters. The minimum atomic E-state index is 0.137. The van der Waals surface area contributed by atoms with Gasteiger partial charge in [-0.15, -0.1) is 0 Å². The van der Waals surface area contributed by atoms with Crippen LogP contribution in [0.1, 0.15) is 35.4 Å². The van der Waals surface area contributed by atoms with Crippen LogP contribution in [0.25, 0.3) is 0 Å². The van der Waals surface area contributed by atoms with Gasteiger partial charge in [0.15, 0.2) is 0 Å². The van der Waals surface area contributed by atoms with Crippen LogP contribution in [0.4, 0.5) is 0 Å². The molecule has 0 saturated carbocycles. The average molecular weight is 289 g/mol. The van der Waals surface area contributed by atoms with E-state index in [0.717, 1.165) is 17.1 Å². The first-order valence-electron chi connectivity index (χ1n) is 7.00. The van der Waals surface area contributed by atoms with Gasteiger partial charge in [-0.1, -0.05) is 48.5 Å². The Balaban J connectivity index is 2.28. The molecule has 0 aliphatic heterocycles. The molecule has 108 valence electrons. The molecule has 20 heavy (non-hydrogen) atoms. The molecule has 0 saturated heterocycles. The summed E-state index contributed by atoms with van der Waals surface area (Å²) in [5.74, 6) is 0. The SMILES string of the molecule is CCC(N)C(Sc1cc(C)nn1C)c1ccc(C)cc1. The largest absolute Gasteiger partial charge is 0.326 e. The normalized spacial score (nSPS) is 14.2. The topological polar surface area (TPSA) is 43.8 Å². The summed E-state index contributed by atoms with van der Waals surface area (Å²) in [6, 6.07) is 10.9. The maximum Gasteiger partial charge on any atom is 0.0945 e. The molecule has 2 rings (SSSR count). The molecule has 4 heteroatoms. The highest BCUT2D eigenvalue weighted by molar-refractivity contribution is 7.99. The minimum Gasteiger partial charge on any atom is -0.326 e. The van der Waals surface area contributed by atoms with Gasteiger partial charge < -0.3 is 5.73 Å². The van der Waals surface area contributed by atoms with Gasteiger partial charge in [-0.3, -0.25) is 4.68 Å². The molecule has 1 aromatic carbocycles. The Kier molecular flexibility index (Phi) is 4.89. The van der Waals surface area contributed by atoms with Crippen molar-refractivity contribution < 1.29 is 0 Å². The fraction of sp³-hybridized carbons (Fsp3) is 0.438. The van der Waals surface area contributed by atoms with Crippen LogP contribution in [-0.4, -0.2) is 15.8 Å². The van der Waals surface area contributed by atoms with Crippen LogP contribution >= 0.6 is 11.8 Å². The number of rotatable bonds is 5.